The summed E-state index contributed by atoms with van der Waals surface area (Å²) in [5.74, 6) is 0. The summed E-state index contributed by atoms with van der Waals surface area (Å²) in [6.07, 6.45) is 17.6. The van der Waals surface area contributed by atoms with Crippen LogP contribution in [0.25, 0.3) is 0 Å². The first kappa shape index (κ1) is 19.6. The van der Waals surface area contributed by atoms with E-state index < -0.39 is 0 Å². The summed E-state index contributed by atoms with van der Waals surface area (Å²) in [4.78, 5) is 4.43. The van der Waals surface area contributed by atoms with Gasteiger partial charge in [-0.2, -0.15) is 0 Å². The minimum Gasteiger partial charge on any atom is -0.298 e. The second-order valence-corrected chi connectivity index (χ2v) is 5.57. The average molecular weight is 320 g/mol. The summed E-state index contributed by atoms with van der Waals surface area (Å²) < 4.78 is 0. The molecule has 1 heterocycles. The van der Waals surface area contributed by atoms with Gasteiger partial charge in [-0.05, 0) is 38.5 Å². The lowest BCUT2D eigenvalue weighted by molar-refractivity contribution is 0.530. The quantitative estimate of drug-likeness (QED) is 0.610. The molecular formula is C22H28N2. The van der Waals surface area contributed by atoms with Crippen LogP contribution in [0.4, 0.5) is 0 Å². The molecule has 1 rings (SSSR count). The van der Waals surface area contributed by atoms with Crippen molar-refractivity contribution >= 4 is 0 Å². The van der Waals surface area contributed by atoms with Gasteiger partial charge < -0.3 is 0 Å². The van der Waals surface area contributed by atoms with Gasteiger partial charge in [0.1, 0.15) is 0 Å². The molecule has 0 saturated carbocycles. The summed E-state index contributed by atoms with van der Waals surface area (Å²) in [5, 5.41) is 3.62. The van der Waals surface area contributed by atoms with Crippen LogP contribution >= 0.6 is 0 Å². The van der Waals surface area contributed by atoms with Gasteiger partial charge in [-0.25, -0.2) is 0 Å². The summed E-state index contributed by atoms with van der Waals surface area (Å²) in [6, 6.07) is 6.13. The predicted octanol–water partition coefficient (Wildman–Crippen LogP) is 5.48. The molecule has 2 atom stereocenters. The Balaban J connectivity index is 2.99. The zero-order chi connectivity index (χ0) is 17.8. The molecule has 0 aromatic carbocycles. The van der Waals surface area contributed by atoms with E-state index >= 15 is 0 Å². The molecule has 2 nitrogen and oxygen atoms in total. The normalized spacial score (nSPS) is 15.2. The second-order valence-electron chi connectivity index (χ2n) is 5.57. The molecule has 0 fully saturated rings. The maximum absolute atomic E-state index is 4.43. The third-order valence-corrected chi connectivity index (χ3v) is 3.59. The van der Waals surface area contributed by atoms with Gasteiger partial charge in [0.05, 0.1) is 11.7 Å². The predicted molar refractivity (Wildman–Crippen MR) is 106 cm³/mol. The van der Waals surface area contributed by atoms with Crippen LogP contribution in [0.3, 0.4) is 0 Å². The minimum atomic E-state index is 0.0398. The first-order valence-electron chi connectivity index (χ1n) is 8.21. The van der Waals surface area contributed by atoms with Crippen LogP contribution < -0.4 is 5.32 Å². The van der Waals surface area contributed by atoms with Gasteiger partial charge in [-0.15, -0.1) is 0 Å². The monoisotopic (exact) mass is 320 g/mol. The lowest BCUT2D eigenvalue weighted by atomic mass is 9.98. The first-order chi connectivity index (χ1) is 11.6. The van der Waals surface area contributed by atoms with Crippen LogP contribution in [0.5, 0.6) is 0 Å². The standard InChI is InChI=1S/C22H28N2/c1-6-8-10-14-18(3)22(19(4)15-11-9-7-2)24-20(5)21-16-12-13-17-23-21/h6-17,20,22,24H,1,4H2,2-3,5H3/b9-7-,10-8-,15-11-,18-14+. The van der Waals surface area contributed by atoms with E-state index in [4.69, 9.17) is 0 Å². The molecular weight excluding hydrogens is 292 g/mol. The van der Waals surface area contributed by atoms with Crippen LogP contribution in [0.1, 0.15) is 32.5 Å². The molecule has 0 saturated heterocycles. The van der Waals surface area contributed by atoms with Crippen LogP contribution in [-0.4, -0.2) is 11.0 Å². The number of nitrogens with zero attached hydrogens (tertiary/aromatic N) is 1. The van der Waals surface area contributed by atoms with Gasteiger partial charge in [0, 0.05) is 12.2 Å². The summed E-state index contributed by atoms with van der Waals surface area (Å²) in [6.45, 7) is 14.1. The Bertz CT molecular complexity index is 633. The SMILES string of the molecule is C=C/C=C\C=C(/C)C(NC(C)c1ccccn1)C(=C)/C=C\C=C/C. The topological polar surface area (TPSA) is 24.9 Å². The van der Waals surface area contributed by atoms with Crippen LogP contribution in [-0.2, 0) is 0 Å². The van der Waals surface area contributed by atoms with Gasteiger partial charge in [-0.1, -0.05) is 73.4 Å². The molecule has 2 unspecified atom stereocenters. The zero-order valence-electron chi connectivity index (χ0n) is 14.9. The molecule has 1 aromatic heterocycles. The summed E-state index contributed by atoms with van der Waals surface area (Å²) >= 11 is 0. The number of hydrogen-bond donors (Lipinski definition) is 1. The van der Waals surface area contributed by atoms with Gasteiger partial charge in [0.15, 0.2) is 0 Å². The number of pyridine rings is 1. The fraction of sp³-hybridized carbons (Fsp3) is 0.227. The van der Waals surface area contributed by atoms with E-state index in [2.05, 4.69) is 43.4 Å². The van der Waals surface area contributed by atoms with E-state index in [1.54, 1.807) is 6.08 Å². The third kappa shape index (κ3) is 6.76. The molecule has 0 aliphatic carbocycles. The molecule has 0 spiro atoms. The van der Waals surface area contributed by atoms with Crippen LogP contribution in [0.15, 0.2) is 97.3 Å². The first-order valence-corrected chi connectivity index (χ1v) is 8.21. The highest BCUT2D eigenvalue weighted by atomic mass is 15.0. The number of allylic oxidation sites excluding steroid dienone is 7. The zero-order valence-corrected chi connectivity index (χ0v) is 14.9. The Hall–Kier alpha value is -2.45. The van der Waals surface area contributed by atoms with Crippen molar-refractivity contribution in [1.82, 2.24) is 10.3 Å². The van der Waals surface area contributed by atoms with Crippen LogP contribution in [0, 0.1) is 0 Å². The van der Waals surface area contributed by atoms with Crippen molar-refractivity contribution < 1.29 is 0 Å². The highest BCUT2D eigenvalue weighted by Crippen LogP contribution is 2.18. The van der Waals surface area contributed by atoms with Crippen molar-refractivity contribution in [3.8, 4) is 0 Å². The maximum atomic E-state index is 4.43. The number of rotatable bonds is 9. The van der Waals surface area contributed by atoms with E-state index in [1.807, 2.05) is 67.8 Å². The molecule has 0 aliphatic rings. The van der Waals surface area contributed by atoms with Gasteiger partial charge in [-0.3, -0.25) is 10.3 Å². The second kappa shape index (κ2) is 11.1. The molecule has 2 heteroatoms. The molecule has 0 radical (unpaired) electrons. The largest absolute Gasteiger partial charge is 0.298 e. The molecule has 1 N–H and O–H groups in total. The Morgan fingerprint density at radius 2 is 2.00 bits per heavy atom. The van der Waals surface area contributed by atoms with E-state index in [-0.39, 0.29) is 12.1 Å². The van der Waals surface area contributed by atoms with Crippen molar-refractivity contribution in [3.05, 3.63) is 103 Å². The van der Waals surface area contributed by atoms with Gasteiger partial charge in [0.25, 0.3) is 0 Å². The maximum Gasteiger partial charge on any atom is 0.0570 e. The summed E-state index contributed by atoms with van der Waals surface area (Å²) in [7, 11) is 0. The van der Waals surface area contributed by atoms with E-state index in [0.717, 1.165) is 11.3 Å². The molecule has 1 aromatic rings. The molecule has 0 aliphatic heterocycles. The minimum absolute atomic E-state index is 0.0398. The van der Waals surface area contributed by atoms with Crippen molar-refractivity contribution in [2.24, 2.45) is 0 Å². The van der Waals surface area contributed by atoms with Crippen LogP contribution in [0.2, 0.25) is 0 Å². The van der Waals surface area contributed by atoms with Crippen molar-refractivity contribution in [3.63, 3.8) is 0 Å². The van der Waals surface area contributed by atoms with E-state index in [0.29, 0.717) is 0 Å². The molecule has 0 amide bonds. The lowest BCUT2D eigenvalue weighted by Gasteiger charge is -2.24. The summed E-state index contributed by atoms with van der Waals surface area (Å²) in [5.41, 5.74) is 3.21. The number of nitrogens with one attached hydrogen (secondary N) is 1. The number of hydrogen-bond acceptors (Lipinski definition) is 2. The molecule has 0 bridgehead atoms. The van der Waals surface area contributed by atoms with Crippen molar-refractivity contribution in [2.75, 3.05) is 0 Å². The Kier molecular flexibility index (Phi) is 9.10. The fourth-order valence-corrected chi connectivity index (χ4v) is 2.27. The third-order valence-electron chi connectivity index (χ3n) is 3.59. The Labute approximate surface area is 146 Å². The Morgan fingerprint density at radius 1 is 1.21 bits per heavy atom. The fourth-order valence-electron chi connectivity index (χ4n) is 2.27. The highest BCUT2D eigenvalue weighted by molar-refractivity contribution is 5.34. The average Bonchev–Trinajstić information content (AvgIpc) is 2.60. The smallest absolute Gasteiger partial charge is 0.0570 e. The van der Waals surface area contributed by atoms with Gasteiger partial charge in [0.2, 0.25) is 0 Å². The van der Waals surface area contributed by atoms with Crippen molar-refractivity contribution in [1.29, 1.82) is 0 Å². The van der Waals surface area contributed by atoms with E-state index in [1.165, 1.54) is 5.57 Å². The molecule has 24 heavy (non-hydrogen) atoms. The van der Waals surface area contributed by atoms with Gasteiger partial charge >= 0.3 is 0 Å². The lowest BCUT2D eigenvalue weighted by Crippen LogP contribution is -2.34. The Morgan fingerprint density at radius 3 is 2.62 bits per heavy atom. The number of aromatic nitrogens is 1. The molecule has 126 valence electrons. The highest BCUT2D eigenvalue weighted by Gasteiger charge is 2.17. The van der Waals surface area contributed by atoms with Crippen molar-refractivity contribution in [2.45, 2.75) is 32.9 Å². The van der Waals surface area contributed by atoms with E-state index in [9.17, 15) is 0 Å².